The molecule has 1 aromatic rings. The van der Waals surface area contributed by atoms with Gasteiger partial charge in [0, 0.05) is 34.5 Å². The monoisotopic (exact) mass is 555 g/mol. The van der Waals surface area contributed by atoms with Gasteiger partial charge in [0.2, 0.25) is 18.2 Å². The Balaban J connectivity index is 1.88. The van der Waals surface area contributed by atoms with E-state index in [-0.39, 0.29) is 28.5 Å². The molecule has 2 saturated carbocycles. The zero-order valence-corrected chi connectivity index (χ0v) is 26.0. The van der Waals surface area contributed by atoms with E-state index in [4.69, 9.17) is 0 Å². The van der Waals surface area contributed by atoms with E-state index in [0.717, 1.165) is 44.9 Å². The van der Waals surface area contributed by atoms with Crippen molar-refractivity contribution >= 4 is 29.9 Å². The quantitative estimate of drug-likeness (QED) is 0.211. The van der Waals surface area contributed by atoms with Gasteiger partial charge in [-0.1, -0.05) is 45.8 Å². The molecule has 2 aliphatic carbocycles. The van der Waals surface area contributed by atoms with Gasteiger partial charge in [-0.3, -0.25) is 19.3 Å². The predicted octanol–water partition coefficient (Wildman–Crippen LogP) is 4.97. The number of hydrogen-bond acceptors (Lipinski definition) is 5. The lowest BCUT2D eigenvalue weighted by Gasteiger charge is -2.62. The van der Waals surface area contributed by atoms with Crippen LogP contribution in [0, 0.1) is 22.7 Å². The summed E-state index contributed by atoms with van der Waals surface area (Å²) >= 11 is 0. The summed E-state index contributed by atoms with van der Waals surface area (Å²) < 4.78 is 1.81. The Hall–Kier alpha value is -2.81. The van der Waals surface area contributed by atoms with Crippen LogP contribution in [0.2, 0.25) is 0 Å². The predicted molar refractivity (Wildman–Crippen MR) is 158 cm³/mol. The summed E-state index contributed by atoms with van der Waals surface area (Å²) in [5.74, 6) is 0.540. The van der Waals surface area contributed by atoms with E-state index >= 15 is 0 Å². The molecule has 9 heteroatoms. The molecule has 3 amide bonds. The smallest absolute Gasteiger partial charge is 0.244 e. The summed E-state index contributed by atoms with van der Waals surface area (Å²) in [4.78, 5) is 47.0. The van der Waals surface area contributed by atoms with Crippen LogP contribution in [0.4, 0.5) is 5.82 Å². The highest BCUT2D eigenvalue weighted by Crippen LogP contribution is 2.62. The van der Waals surface area contributed by atoms with Crippen molar-refractivity contribution in [1.82, 2.24) is 14.5 Å². The van der Waals surface area contributed by atoms with Crippen molar-refractivity contribution < 1.29 is 19.5 Å². The number of anilines is 1. The van der Waals surface area contributed by atoms with Gasteiger partial charge in [0.15, 0.2) is 11.7 Å². The minimum atomic E-state index is -0.619. The number of imidazole rings is 1. The maximum absolute atomic E-state index is 12.2. The average Bonchev–Trinajstić information content (AvgIpc) is 3.31. The number of nitrogens with zero attached hydrogens (tertiary/aromatic N) is 5. The van der Waals surface area contributed by atoms with Gasteiger partial charge in [0.1, 0.15) is 5.69 Å². The maximum Gasteiger partial charge on any atom is 0.244 e. The van der Waals surface area contributed by atoms with Gasteiger partial charge in [-0.05, 0) is 68.1 Å². The van der Waals surface area contributed by atoms with E-state index in [1.807, 2.05) is 4.57 Å². The average molecular weight is 556 g/mol. The van der Waals surface area contributed by atoms with Crippen molar-refractivity contribution in [2.75, 3.05) is 19.0 Å². The second-order valence-electron chi connectivity index (χ2n) is 13.1. The van der Waals surface area contributed by atoms with Crippen LogP contribution in [0.25, 0.3) is 0 Å². The van der Waals surface area contributed by atoms with Gasteiger partial charge in [-0.2, -0.15) is 4.99 Å². The Morgan fingerprint density at radius 1 is 1.18 bits per heavy atom. The molecule has 1 N–H and O–H groups in total. The Labute approximate surface area is 239 Å². The molecule has 0 radical (unpaired) electrons. The van der Waals surface area contributed by atoms with Crippen molar-refractivity contribution in [3.63, 3.8) is 0 Å². The third-order valence-corrected chi connectivity index (χ3v) is 10.2. The Kier molecular flexibility index (Phi) is 9.49. The summed E-state index contributed by atoms with van der Waals surface area (Å²) in [6.07, 6.45) is 11.5. The number of aliphatic imine (C=N–C) groups is 1. The van der Waals surface area contributed by atoms with E-state index in [2.05, 4.69) is 50.7 Å². The van der Waals surface area contributed by atoms with E-state index in [1.54, 1.807) is 20.4 Å². The zero-order valence-electron chi connectivity index (χ0n) is 26.0. The number of carbonyl (C=O) groups excluding carboxylic acids is 3. The first-order chi connectivity index (χ1) is 18.6. The number of amidine groups is 1. The molecule has 9 nitrogen and oxygen atoms in total. The third kappa shape index (κ3) is 5.94. The van der Waals surface area contributed by atoms with Gasteiger partial charge in [0.25, 0.3) is 0 Å². The van der Waals surface area contributed by atoms with Gasteiger partial charge in [-0.25, -0.2) is 4.98 Å². The van der Waals surface area contributed by atoms with Crippen molar-refractivity contribution in [1.29, 1.82) is 0 Å². The zero-order chi connectivity index (χ0) is 30.0. The van der Waals surface area contributed by atoms with Crippen LogP contribution in [-0.4, -0.2) is 63.3 Å². The third-order valence-electron chi connectivity index (χ3n) is 10.2. The van der Waals surface area contributed by atoms with E-state index in [9.17, 15) is 19.5 Å². The lowest BCUT2D eigenvalue weighted by molar-refractivity contribution is -0.212. The number of aliphatic hydroxyl groups is 1. The number of hydrogen-bond donors (Lipinski definition) is 1. The number of aromatic nitrogens is 2. The van der Waals surface area contributed by atoms with Gasteiger partial charge in [0.05, 0.1) is 11.9 Å². The molecule has 1 aromatic heterocycles. The van der Waals surface area contributed by atoms with E-state index in [1.165, 1.54) is 29.2 Å². The molecule has 2 aliphatic rings. The van der Waals surface area contributed by atoms with Crippen molar-refractivity contribution in [3.05, 3.63) is 23.7 Å². The number of rotatable bonds is 8. The number of amides is 3. The fraction of sp³-hybridized carbons (Fsp3) is 0.710. The van der Waals surface area contributed by atoms with Gasteiger partial charge in [-0.15, -0.1) is 0 Å². The molecule has 40 heavy (non-hydrogen) atoms. The normalized spacial score (nSPS) is 28.6. The topological polar surface area (TPSA) is 108 Å². The molecule has 0 aromatic carbocycles. The van der Waals surface area contributed by atoms with Gasteiger partial charge >= 0.3 is 0 Å². The fourth-order valence-corrected chi connectivity index (χ4v) is 7.05. The summed E-state index contributed by atoms with van der Waals surface area (Å²) in [6, 6.07) is 0. The van der Waals surface area contributed by atoms with Crippen LogP contribution in [0.3, 0.4) is 0 Å². The molecule has 0 spiro atoms. The SMILES string of the molecule is CC(=O)N=C(c1c(N(C)C=O)ncn1C/C=C(\C)CC[C@@]1(C)[C@H](C)CC[C@]2(O)[C@@H]1CCCC2(C)C)N(C)C(C)=O. The first-order valence-electron chi connectivity index (χ1n) is 14.5. The first kappa shape index (κ1) is 31.7. The fourth-order valence-electron chi connectivity index (χ4n) is 7.05. The lowest BCUT2D eigenvalue weighted by atomic mass is 9.45. The van der Waals surface area contributed by atoms with Crippen LogP contribution in [0.5, 0.6) is 0 Å². The van der Waals surface area contributed by atoms with Crippen LogP contribution >= 0.6 is 0 Å². The molecule has 3 rings (SSSR count). The highest BCUT2D eigenvalue weighted by atomic mass is 16.3. The van der Waals surface area contributed by atoms with E-state index < -0.39 is 11.5 Å². The standard InChI is InChI=1S/C31H49N5O4/c1-21(12-16-30(7)22(2)13-17-31(40)25(30)11-10-15-29(31,5)6)14-18-36-19-32-27(34(8)20-37)26(36)28(33-23(3)38)35(9)24(4)39/h14,19-20,22,25,40H,10-13,15-18H2,1-9H3/b21-14+,33-28?/t22-,25-,30+,31+/m1/s1. The van der Waals surface area contributed by atoms with E-state index in [0.29, 0.717) is 30.4 Å². The molecule has 0 bridgehead atoms. The van der Waals surface area contributed by atoms with Gasteiger partial charge < -0.3 is 14.6 Å². The highest BCUT2D eigenvalue weighted by molar-refractivity contribution is 6.13. The van der Waals surface area contributed by atoms with Crippen LogP contribution in [-0.2, 0) is 20.9 Å². The van der Waals surface area contributed by atoms with Crippen LogP contribution in [0.15, 0.2) is 23.0 Å². The Morgan fingerprint density at radius 3 is 2.45 bits per heavy atom. The highest BCUT2D eigenvalue weighted by Gasteiger charge is 2.60. The largest absolute Gasteiger partial charge is 0.389 e. The second-order valence-corrected chi connectivity index (χ2v) is 13.1. The molecular formula is C31H49N5O4. The summed E-state index contributed by atoms with van der Waals surface area (Å²) in [5, 5.41) is 12.0. The second kappa shape index (κ2) is 12.0. The molecule has 0 saturated heterocycles. The molecule has 222 valence electrons. The number of allylic oxidation sites excluding steroid dienone is 2. The van der Waals surface area contributed by atoms with Crippen LogP contribution < -0.4 is 4.90 Å². The summed E-state index contributed by atoms with van der Waals surface area (Å²) in [6.45, 7) is 14.5. The Bertz CT molecular complexity index is 1180. The molecule has 1 heterocycles. The summed E-state index contributed by atoms with van der Waals surface area (Å²) in [7, 11) is 3.12. The van der Waals surface area contributed by atoms with Crippen LogP contribution in [0.1, 0.15) is 99.1 Å². The molecule has 4 atom stereocenters. The number of carbonyl (C=O) groups is 3. The molecule has 2 fully saturated rings. The summed E-state index contributed by atoms with van der Waals surface area (Å²) in [5.41, 5.74) is 0.997. The van der Waals surface area contributed by atoms with Crippen molar-refractivity contribution in [3.8, 4) is 0 Å². The maximum atomic E-state index is 12.2. The molecule has 0 unspecified atom stereocenters. The first-order valence-corrected chi connectivity index (χ1v) is 14.5. The lowest BCUT2D eigenvalue weighted by Crippen LogP contribution is -2.62. The molecular weight excluding hydrogens is 506 g/mol. The number of fused-ring (bicyclic) bond motifs is 1. The minimum Gasteiger partial charge on any atom is -0.389 e. The molecule has 0 aliphatic heterocycles. The van der Waals surface area contributed by atoms with Crippen molar-refractivity contribution in [2.24, 2.45) is 27.7 Å². The minimum absolute atomic E-state index is 0.0469. The Morgan fingerprint density at radius 2 is 1.85 bits per heavy atom. The van der Waals surface area contributed by atoms with Crippen molar-refractivity contribution in [2.45, 2.75) is 106 Å².